The second-order valence-electron chi connectivity index (χ2n) is 5.61. The maximum Gasteiger partial charge on any atom is 0.221 e. The topological polar surface area (TPSA) is 44.4 Å². The molecule has 1 unspecified atom stereocenters. The predicted molar refractivity (Wildman–Crippen MR) is 81.6 cm³/mol. The minimum Gasteiger partial charge on any atom is -0.356 e. The lowest BCUT2D eigenvalue weighted by atomic mass is 9.97. The van der Waals surface area contributed by atoms with Gasteiger partial charge in [0.05, 0.1) is 0 Å². The third-order valence-corrected chi connectivity index (χ3v) is 5.30. The number of thioether (sulfide) groups is 1. The summed E-state index contributed by atoms with van der Waals surface area (Å²) in [6, 6.07) is 0.376. The number of carbonyl (C=O) groups excluding carboxylic acids is 1. The molecule has 2 saturated heterocycles. The quantitative estimate of drug-likeness (QED) is 0.789. The van der Waals surface area contributed by atoms with E-state index in [4.69, 9.17) is 0 Å². The molecular weight excluding hydrogens is 258 g/mol. The molecule has 0 radical (unpaired) electrons. The smallest absolute Gasteiger partial charge is 0.221 e. The van der Waals surface area contributed by atoms with Gasteiger partial charge in [-0.3, -0.25) is 4.79 Å². The molecule has 0 aromatic carbocycles. The molecule has 0 spiro atoms. The monoisotopic (exact) mass is 285 g/mol. The van der Waals surface area contributed by atoms with E-state index in [-0.39, 0.29) is 5.91 Å². The average molecular weight is 285 g/mol. The Kier molecular flexibility index (Phi) is 6.47. The van der Waals surface area contributed by atoms with Crippen LogP contribution in [0.2, 0.25) is 0 Å². The van der Waals surface area contributed by atoms with Crippen molar-refractivity contribution in [2.24, 2.45) is 5.92 Å². The Hall–Kier alpha value is -0.260. The molecule has 0 aromatic rings. The van der Waals surface area contributed by atoms with Crippen LogP contribution in [0.1, 0.15) is 26.2 Å². The molecule has 1 amide bonds. The van der Waals surface area contributed by atoms with Crippen LogP contribution in [0.3, 0.4) is 0 Å². The molecule has 0 aromatic heterocycles. The van der Waals surface area contributed by atoms with Gasteiger partial charge in [-0.25, -0.2) is 0 Å². The maximum absolute atomic E-state index is 11.9. The van der Waals surface area contributed by atoms with Gasteiger partial charge in [0, 0.05) is 37.1 Å². The van der Waals surface area contributed by atoms with Gasteiger partial charge in [0.25, 0.3) is 0 Å². The summed E-state index contributed by atoms with van der Waals surface area (Å²) in [5.74, 6) is 3.15. The Morgan fingerprint density at radius 1 is 1.42 bits per heavy atom. The van der Waals surface area contributed by atoms with Crippen molar-refractivity contribution in [3.8, 4) is 0 Å². The van der Waals surface area contributed by atoms with Crippen LogP contribution >= 0.6 is 11.8 Å². The second kappa shape index (κ2) is 8.12. The maximum atomic E-state index is 11.9. The largest absolute Gasteiger partial charge is 0.356 e. The summed E-state index contributed by atoms with van der Waals surface area (Å²) in [5, 5.41) is 6.54. The molecule has 2 rings (SSSR count). The summed E-state index contributed by atoms with van der Waals surface area (Å²) in [5.41, 5.74) is 0. The number of hydrogen-bond donors (Lipinski definition) is 2. The molecule has 2 N–H and O–H groups in total. The Morgan fingerprint density at radius 2 is 2.21 bits per heavy atom. The number of piperidine rings is 1. The minimum absolute atomic E-state index is 0.220. The van der Waals surface area contributed by atoms with Crippen LogP contribution in [-0.4, -0.2) is 61.1 Å². The summed E-state index contributed by atoms with van der Waals surface area (Å²) in [7, 11) is 0. The fourth-order valence-electron chi connectivity index (χ4n) is 2.81. The molecule has 2 fully saturated rings. The van der Waals surface area contributed by atoms with Gasteiger partial charge < -0.3 is 15.5 Å². The van der Waals surface area contributed by atoms with Gasteiger partial charge in [0.1, 0.15) is 0 Å². The number of rotatable bonds is 5. The van der Waals surface area contributed by atoms with Crippen LogP contribution in [0, 0.1) is 5.92 Å². The van der Waals surface area contributed by atoms with Crippen LogP contribution in [0.5, 0.6) is 0 Å². The molecule has 19 heavy (non-hydrogen) atoms. The highest BCUT2D eigenvalue weighted by atomic mass is 32.2. The van der Waals surface area contributed by atoms with Crippen LogP contribution in [0.25, 0.3) is 0 Å². The normalized spacial score (nSPS) is 26.3. The Bertz CT molecular complexity index is 274. The Balaban J connectivity index is 1.58. The summed E-state index contributed by atoms with van der Waals surface area (Å²) < 4.78 is 0. The fraction of sp³-hybridized carbons (Fsp3) is 0.929. The minimum atomic E-state index is 0.220. The van der Waals surface area contributed by atoms with E-state index in [2.05, 4.69) is 22.5 Å². The Labute approximate surface area is 121 Å². The van der Waals surface area contributed by atoms with Crippen molar-refractivity contribution in [1.82, 2.24) is 15.5 Å². The Morgan fingerprint density at radius 3 is 2.84 bits per heavy atom. The van der Waals surface area contributed by atoms with Gasteiger partial charge in [0.15, 0.2) is 0 Å². The number of likely N-dealkylation sites (tertiary alicyclic amines) is 1. The second-order valence-corrected chi connectivity index (χ2v) is 6.76. The zero-order chi connectivity index (χ0) is 13.5. The highest BCUT2D eigenvalue weighted by molar-refractivity contribution is 7.99. The van der Waals surface area contributed by atoms with Gasteiger partial charge in [-0.15, -0.1) is 0 Å². The van der Waals surface area contributed by atoms with Crippen LogP contribution in [0.15, 0.2) is 0 Å². The third kappa shape index (κ3) is 5.32. The van der Waals surface area contributed by atoms with E-state index < -0.39 is 0 Å². The van der Waals surface area contributed by atoms with Gasteiger partial charge in [-0.05, 0) is 38.4 Å². The van der Waals surface area contributed by atoms with Crippen molar-refractivity contribution < 1.29 is 4.79 Å². The molecule has 0 bridgehead atoms. The summed E-state index contributed by atoms with van der Waals surface area (Å²) >= 11 is 1.95. The predicted octanol–water partition coefficient (Wildman–Crippen LogP) is 0.930. The standard InChI is InChI=1S/C14H27N3OS/c1-2-17-6-3-12(4-7-17)10-16-14(18)9-13-11-19-8-5-15-13/h12-13,15H,2-11H2,1H3,(H,16,18). The molecule has 1 atom stereocenters. The first-order chi connectivity index (χ1) is 9.28. The highest BCUT2D eigenvalue weighted by Gasteiger charge is 2.20. The van der Waals surface area contributed by atoms with Crippen LogP contribution in [-0.2, 0) is 4.79 Å². The van der Waals surface area contributed by atoms with Crippen molar-refractivity contribution >= 4 is 17.7 Å². The SMILES string of the molecule is CCN1CCC(CNC(=O)CC2CSCCN2)CC1. The van der Waals surface area contributed by atoms with Crippen LogP contribution in [0.4, 0.5) is 0 Å². The number of nitrogens with one attached hydrogen (secondary N) is 2. The molecule has 0 aliphatic carbocycles. The first kappa shape index (κ1) is 15.1. The van der Waals surface area contributed by atoms with Gasteiger partial charge >= 0.3 is 0 Å². The van der Waals surface area contributed by atoms with Crippen molar-refractivity contribution in [2.45, 2.75) is 32.2 Å². The van der Waals surface area contributed by atoms with E-state index in [1.807, 2.05) is 11.8 Å². The number of nitrogens with zero attached hydrogens (tertiary/aromatic N) is 1. The molecule has 4 nitrogen and oxygen atoms in total. The lowest BCUT2D eigenvalue weighted by Crippen LogP contribution is -2.43. The average Bonchev–Trinajstić information content (AvgIpc) is 2.47. The van der Waals surface area contributed by atoms with Crippen molar-refractivity contribution in [3.05, 3.63) is 0 Å². The molecular formula is C14H27N3OS. The van der Waals surface area contributed by atoms with E-state index >= 15 is 0 Å². The summed E-state index contributed by atoms with van der Waals surface area (Å²) in [4.78, 5) is 14.4. The lowest BCUT2D eigenvalue weighted by molar-refractivity contribution is -0.121. The molecule has 0 saturated carbocycles. The van der Waals surface area contributed by atoms with E-state index in [0.717, 1.165) is 25.4 Å². The number of carbonyl (C=O) groups is 1. The van der Waals surface area contributed by atoms with Crippen LogP contribution < -0.4 is 10.6 Å². The lowest BCUT2D eigenvalue weighted by Gasteiger charge is -2.31. The first-order valence-corrected chi connectivity index (χ1v) is 8.73. The van der Waals surface area contributed by atoms with E-state index in [1.54, 1.807) is 0 Å². The first-order valence-electron chi connectivity index (χ1n) is 7.58. The fourth-order valence-corrected chi connectivity index (χ4v) is 3.76. The molecule has 110 valence electrons. The molecule has 2 heterocycles. The van der Waals surface area contributed by atoms with Crippen molar-refractivity contribution in [3.63, 3.8) is 0 Å². The summed E-state index contributed by atoms with van der Waals surface area (Å²) in [6.45, 7) is 7.67. The van der Waals surface area contributed by atoms with E-state index in [9.17, 15) is 4.79 Å². The van der Waals surface area contributed by atoms with Gasteiger partial charge in [-0.1, -0.05) is 6.92 Å². The van der Waals surface area contributed by atoms with Crippen molar-refractivity contribution in [1.29, 1.82) is 0 Å². The molecule has 2 aliphatic heterocycles. The van der Waals surface area contributed by atoms with Gasteiger partial charge in [0.2, 0.25) is 5.91 Å². The zero-order valence-electron chi connectivity index (χ0n) is 12.0. The number of amides is 1. The zero-order valence-corrected chi connectivity index (χ0v) is 12.8. The molecule has 5 heteroatoms. The highest BCUT2D eigenvalue weighted by Crippen LogP contribution is 2.16. The third-order valence-electron chi connectivity index (χ3n) is 4.17. The van der Waals surface area contributed by atoms with E-state index in [1.165, 1.54) is 31.7 Å². The van der Waals surface area contributed by atoms with Crippen molar-refractivity contribution in [2.75, 3.05) is 44.2 Å². The van der Waals surface area contributed by atoms with Gasteiger partial charge in [-0.2, -0.15) is 11.8 Å². The number of hydrogen-bond acceptors (Lipinski definition) is 4. The molecule has 2 aliphatic rings. The van der Waals surface area contributed by atoms with E-state index in [0.29, 0.717) is 18.4 Å². The summed E-state index contributed by atoms with van der Waals surface area (Å²) in [6.07, 6.45) is 3.10.